The average molecular weight is 212 g/mol. The number of hydrogen-bond donors (Lipinski definition) is 1. The van der Waals surface area contributed by atoms with Crippen molar-refractivity contribution >= 4 is 11.7 Å². The van der Waals surface area contributed by atoms with Crippen LogP contribution in [0.25, 0.3) is 0 Å². The summed E-state index contributed by atoms with van der Waals surface area (Å²) in [5.41, 5.74) is -0.483. The van der Waals surface area contributed by atoms with Gasteiger partial charge < -0.3 is 15.1 Å². The van der Waals surface area contributed by atoms with Crippen molar-refractivity contribution in [2.24, 2.45) is 5.16 Å². The van der Waals surface area contributed by atoms with Crippen molar-refractivity contribution in [1.82, 2.24) is 0 Å². The molecule has 8 heteroatoms. The fourth-order valence-corrected chi connectivity index (χ4v) is 0.726. The monoisotopic (exact) mass is 212 g/mol. The number of hydrogen-bond acceptors (Lipinski definition) is 6. The van der Waals surface area contributed by atoms with Crippen molar-refractivity contribution < 1.29 is 49.6 Å². The van der Waals surface area contributed by atoms with Gasteiger partial charge in [0.25, 0.3) is 0 Å². The maximum Gasteiger partial charge on any atom is 1.00 e. The van der Waals surface area contributed by atoms with E-state index in [9.17, 15) is 20.0 Å². The van der Waals surface area contributed by atoms with Gasteiger partial charge in [-0.2, -0.15) is 0 Å². The SMILES string of the molecule is O=C([O-])/C(CCCC[N+](=O)[O-])=N\O.[Na+]. The molecule has 0 saturated carbocycles. The number of nitro groups is 1. The molecule has 0 aliphatic rings. The minimum absolute atomic E-state index is 0. The third-order valence-corrected chi connectivity index (χ3v) is 1.36. The molecule has 0 bridgehead atoms. The summed E-state index contributed by atoms with van der Waals surface area (Å²) < 4.78 is 0. The first-order valence-corrected chi connectivity index (χ1v) is 3.62. The predicted molar refractivity (Wildman–Crippen MR) is 39.9 cm³/mol. The zero-order valence-corrected chi connectivity index (χ0v) is 9.80. The van der Waals surface area contributed by atoms with Crippen LogP contribution < -0.4 is 34.7 Å². The number of carboxylic acid groups (broad SMARTS) is 1. The first-order valence-electron chi connectivity index (χ1n) is 3.62. The second-order valence-electron chi connectivity index (χ2n) is 2.35. The van der Waals surface area contributed by atoms with Gasteiger partial charge in [0.2, 0.25) is 6.54 Å². The summed E-state index contributed by atoms with van der Waals surface area (Å²) in [6.45, 7) is -0.217. The van der Waals surface area contributed by atoms with E-state index in [1.165, 1.54) is 0 Å². The van der Waals surface area contributed by atoms with Crippen LogP contribution in [0.4, 0.5) is 0 Å². The van der Waals surface area contributed by atoms with E-state index in [0.717, 1.165) is 0 Å². The van der Waals surface area contributed by atoms with E-state index in [0.29, 0.717) is 0 Å². The van der Waals surface area contributed by atoms with Gasteiger partial charge >= 0.3 is 29.6 Å². The third kappa shape index (κ3) is 7.96. The number of aliphatic carboxylic acids is 1. The molecule has 0 unspecified atom stereocenters. The standard InChI is InChI=1S/C6H10N2O5.Na/c9-6(10)5(7-11)3-1-2-4-8(12)13;/h11H,1-4H2,(H,9,10);/q;+1/p-1/b7-5-;. The quantitative estimate of drug-likeness (QED) is 0.120. The second-order valence-corrected chi connectivity index (χ2v) is 2.35. The van der Waals surface area contributed by atoms with Crippen molar-refractivity contribution in [2.45, 2.75) is 19.3 Å². The van der Waals surface area contributed by atoms with Crippen LogP contribution >= 0.6 is 0 Å². The molecule has 0 aliphatic heterocycles. The molecule has 0 radical (unpaired) electrons. The number of nitrogens with zero attached hydrogens (tertiary/aromatic N) is 2. The van der Waals surface area contributed by atoms with E-state index in [-0.39, 0.29) is 55.4 Å². The molecule has 1 N–H and O–H groups in total. The Hall–Kier alpha value is -0.660. The molecule has 0 saturated heterocycles. The normalized spacial score (nSPS) is 10.4. The molecule has 0 aromatic rings. The molecule has 0 aliphatic carbocycles. The molecule has 74 valence electrons. The zero-order valence-electron chi connectivity index (χ0n) is 7.80. The first kappa shape index (κ1) is 15.8. The fourth-order valence-electron chi connectivity index (χ4n) is 0.726. The minimum atomic E-state index is -1.55. The largest absolute Gasteiger partial charge is 1.00 e. The van der Waals surface area contributed by atoms with Crippen LogP contribution in [0.15, 0.2) is 5.16 Å². The Balaban J connectivity index is 0. The molecule has 0 fully saturated rings. The summed E-state index contributed by atoms with van der Waals surface area (Å²) >= 11 is 0. The van der Waals surface area contributed by atoms with E-state index >= 15 is 0 Å². The van der Waals surface area contributed by atoms with E-state index in [1.54, 1.807) is 0 Å². The van der Waals surface area contributed by atoms with Crippen LogP contribution in [0.1, 0.15) is 19.3 Å². The molecule has 14 heavy (non-hydrogen) atoms. The summed E-state index contributed by atoms with van der Waals surface area (Å²) in [6.07, 6.45) is 0.514. The van der Waals surface area contributed by atoms with Crippen LogP contribution in [0.2, 0.25) is 0 Å². The Morgan fingerprint density at radius 3 is 2.36 bits per heavy atom. The maximum atomic E-state index is 10.1. The minimum Gasteiger partial charge on any atom is -0.543 e. The van der Waals surface area contributed by atoms with Crippen molar-refractivity contribution in [1.29, 1.82) is 0 Å². The van der Waals surface area contributed by atoms with E-state index in [4.69, 9.17) is 5.21 Å². The van der Waals surface area contributed by atoms with Crippen LogP contribution in [0.5, 0.6) is 0 Å². The van der Waals surface area contributed by atoms with Crippen molar-refractivity contribution in [3.63, 3.8) is 0 Å². The molecule has 0 amide bonds. The van der Waals surface area contributed by atoms with Gasteiger partial charge in [-0.3, -0.25) is 10.1 Å². The van der Waals surface area contributed by atoms with Gasteiger partial charge in [-0.15, -0.1) is 0 Å². The Bertz CT molecular complexity index is 230. The third-order valence-electron chi connectivity index (χ3n) is 1.36. The summed E-state index contributed by atoms with van der Waals surface area (Å²) in [6, 6.07) is 0. The molecule has 0 rings (SSSR count). The summed E-state index contributed by atoms with van der Waals surface area (Å²) in [5.74, 6) is -1.55. The van der Waals surface area contributed by atoms with E-state index in [1.807, 2.05) is 0 Å². The van der Waals surface area contributed by atoms with Gasteiger partial charge in [-0.1, -0.05) is 5.16 Å². The molecule has 0 heterocycles. The molecular formula is C6H9N2NaO5. The Labute approximate surface area is 102 Å². The van der Waals surface area contributed by atoms with Crippen LogP contribution in [-0.4, -0.2) is 28.4 Å². The summed E-state index contributed by atoms with van der Waals surface area (Å²) in [7, 11) is 0. The van der Waals surface area contributed by atoms with Crippen molar-refractivity contribution in [3.05, 3.63) is 10.1 Å². The topological polar surface area (TPSA) is 116 Å². The molecule has 7 nitrogen and oxygen atoms in total. The molecular weight excluding hydrogens is 203 g/mol. The maximum absolute atomic E-state index is 10.1. The van der Waals surface area contributed by atoms with Crippen molar-refractivity contribution in [2.75, 3.05) is 6.54 Å². The molecule has 0 aromatic carbocycles. The Morgan fingerprint density at radius 2 is 2.00 bits per heavy atom. The summed E-state index contributed by atoms with van der Waals surface area (Å²) in [4.78, 5) is 19.5. The molecule has 0 aromatic heterocycles. The first-order chi connectivity index (χ1) is 6.07. The molecule has 0 atom stereocenters. The number of carboxylic acids is 1. The second kappa shape index (κ2) is 8.92. The average Bonchev–Trinajstić information content (AvgIpc) is 2.03. The number of oxime groups is 1. The fraction of sp³-hybridized carbons (Fsp3) is 0.667. The number of unbranched alkanes of at least 4 members (excludes halogenated alkanes) is 1. The van der Waals surface area contributed by atoms with Crippen LogP contribution in [0, 0.1) is 10.1 Å². The predicted octanol–water partition coefficient (Wildman–Crippen LogP) is -3.98. The number of rotatable bonds is 6. The Kier molecular flexibility index (Phi) is 10.1. The smallest absolute Gasteiger partial charge is 0.543 e. The van der Waals surface area contributed by atoms with E-state index < -0.39 is 16.6 Å². The van der Waals surface area contributed by atoms with E-state index in [2.05, 4.69) is 5.16 Å². The zero-order chi connectivity index (χ0) is 10.3. The Morgan fingerprint density at radius 1 is 1.43 bits per heavy atom. The van der Waals surface area contributed by atoms with Gasteiger partial charge in [0.1, 0.15) is 5.71 Å². The van der Waals surface area contributed by atoms with Crippen LogP contribution in [0.3, 0.4) is 0 Å². The molecule has 0 spiro atoms. The summed E-state index contributed by atoms with van der Waals surface area (Å²) in [5, 5.41) is 30.6. The van der Waals surface area contributed by atoms with Crippen molar-refractivity contribution in [3.8, 4) is 0 Å². The van der Waals surface area contributed by atoms with Gasteiger partial charge in [0.05, 0.1) is 5.97 Å². The number of carbonyl (C=O) groups excluding carboxylic acids is 1. The van der Waals surface area contributed by atoms with Crippen LogP contribution in [-0.2, 0) is 4.79 Å². The van der Waals surface area contributed by atoms with Gasteiger partial charge in [0, 0.05) is 11.3 Å². The van der Waals surface area contributed by atoms with Gasteiger partial charge in [-0.25, -0.2) is 0 Å². The van der Waals surface area contributed by atoms with Gasteiger partial charge in [0.15, 0.2) is 0 Å². The number of carbonyl (C=O) groups is 1. The van der Waals surface area contributed by atoms with Gasteiger partial charge in [-0.05, 0) is 12.8 Å².